The number of halogens is 3. The van der Waals surface area contributed by atoms with E-state index in [9.17, 15) is 18.0 Å². The van der Waals surface area contributed by atoms with E-state index in [4.69, 9.17) is 4.74 Å². The predicted octanol–water partition coefficient (Wildman–Crippen LogP) is 3.34. The third-order valence-electron chi connectivity index (χ3n) is 3.92. The highest BCUT2D eigenvalue weighted by Gasteiger charge is 2.33. The lowest BCUT2D eigenvalue weighted by molar-refractivity contribution is -0.136. The molecule has 1 aliphatic heterocycles. The number of benzene rings is 1. The van der Waals surface area contributed by atoms with Crippen molar-refractivity contribution in [2.45, 2.75) is 25.1 Å². The van der Waals surface area contributed by atoms with Gasteiger partial charge in [0.05, 0.1) is 17.4 Å². The van der Waals surface area contributed by atoms with Crippen molar-refractivity contribution < 1.29 is 22.7 Å². The number of hydrogen-bond donors (Lipinski definition) is 2. The summed E-state index contributed by atoms with van der Waals surface area (Å²) in [4.78, 5) is 20.1. The molecule has 0 saturated carbocycles. The number of rotatable bonds is 5. The van der Waals surface area contributed by atoms with Gasteiger partial charge in [0.1, 0.15) is 17.8 Å². The Hall–Kier alpha value is -2.68. The molecule has 9 heteroatoms. The maximum Gasteiger partial charge on any atom is 0.418 e. The first kappa shape index (κ1) is 18.1. The van der Waals surface area contributed by atoms with Crippen LogP contribution in [0.4, 0.5) is 24.7 Å². The van der Waals surface area contributed by atoms with E-state index in [1.54, 1.807) is 0 Å². The molecule has 1 fully saturated rings. The van der Waals surface area contributed by atoms with Crippen molar-refractivity contribution in [2.75, 3.05) is 23.8 Å². The summed E-state index contributed by atoms with van der Waals surface area (Å²) in [6.45, 7) is 1.26. The molecule has 3 rings (SSSR count). The molecule has 1 unspecified atom stereocenters. The SMILES string of the molecule is O=C(Nc1ccccc1C(F)(F)F)c1cc(NCC2CCCO2)ncn1. The van der Waals surface area contributed by atoms with Gasteiger partial charge in [-0.2, -0.15) is 13.2 Å². The molecule has 1 amide bonds. The van der Waals surface area contributed by atoms with Crippen molar-refractivity contribution in [3.63, 3.8) is 0 Å². The van der Waals surface area contributed by atoms with E-state index in [1.807, 2.05) is 0 Å². The Bertz CT molecular complexity index is 777. The summed E-state index contributed by atoms with van der Waals surface area (Å²) in [6, 6.07) is 6.17. The van der Waals surface area contributed by atoms with Crippen LogP contribution >= 0.6 is 0 Å². The van der Waals surface area contributed by atoms with E-state index in [0.717, 1.165) is 25.5 Å². The number of alkyl halides is 3. The van der Waals surface area contributed by atoms with E-state index in [1.165, 1.54) is 30.6 Å². The average Bonchev–Trinajstić information content (AvgIpc) is 3.13. The van der Waals surface area contributed by atoms with Crippen molar-refractivity contribution in [3.8, 4) is 0 Å². The van der Waals surface area contributed by atoms with Crippen molar-refractivity contribution in [3.05, 3.63) is 47.9 Å². The zero-order chi connectivity index (χ0) is 18.6. The van der Waals surface area contributed by atoms with Crippen molar-refractivity contribution >= 4 is 17.4 Å². The lowest BCUT2D eigenvalue weighted by Crippen LogP contribution is -2.20. The number of ether oxygens (including phenoxy) is 1. The van der Waals surface area contributed by atoms with E-state index >= 15 is 0 Å². The van der Waals surface area contributed by atoms with Gasteiger partial charge in [-0.15, -0.1) is 0 Å². The monoisotopic (exact) mass is 366 g/mol. The standard InChI is InChI=1S/C17H17F3N4O2/c18-17(19,20)12-5-1-2-6-13(12)24-16(25)14-8-15(23-10-22-14)21-9-11-4-3-7-26-11/h1-2,5-6,8,10-11H,3-4,7,9H2,(H,24,25)(H,21,22,23). The normalized spacial score (nSPS) is 17.1. The Morgan fingerprint density at radius 3 is 2.81 bits per heavy atom. The van der Waals surface area contributed by atoms with E-state index < -0.39 is 17.6 Å². The van der Waals surface area contributed by atoms with Crippen LogP contribution in [0.5, 0.6) is 0 Å². The minimum atomic E-state index is -4.57. The molecule has 0 radical (unpaired) electrons. The average molecular weight is 366 g/mol. The van der Waals surface area contributed by atoms with Gasteiger partial charge >= 0.3 is 6.18 Å². The van der Waals surface area contributed by atoms with Gasteiger partial charge in [-0.3, -0.25) is 4.79 Å². The molecule has 1 aromatic carbocycles. The number of aromatic nitrogens is 2. The molecular weight excluding hydrogens is 349 g/mol. The highest BCUT2D eigenvalue weighted by Crippen LogP contribution is 2.34. The van der Waals surface area contributed by atoms with Crippen molar-refractivity contribution in [1.29, 1.82) is 0 Å². The number of amides is 1. The van der Waals surface area contributed by atoms with Gasteiger partial charge in [0, 0.05) is 19.2 Å². The quantitative estimate of drug-likeness (QED) is 0.849. The fraction of sp³-hybridized carbons (Fsp3) is 0.353. The van der Waals surface area contributed by atoms with Gasteiger partial charge in [0.25, 0.3) is 5.91 Å². The maximum atomic E-state index is 13.0. The second kappa shape index (κ2) is 7.69. The molecule has 2 N–H and O–H groups in total. The number of carbonyl (C=O) groups is 1. The van der Waals surface area contributed by atoms with Crippen LogP contribution in [0.15, 0.2) is 36.7 Å². The van der Waals surface area contributed by atoms with Gasteiger partial charge in [-0.1, -0.05) is 12.1 Å². The summed E-state index contributed by atoms with van der Waals surface area (Å²) in [6.07, 6.45) is -1.35. The Morgan fingerprint density at radius 1 is 1.27 bits per heavy atom. The Kier molecular flexibility index (Phi) is 5.36. The first-order valence-electron chi connectivity index (χ1n) is 8.08. The molecule has 138 valence electrons. The zero-order valence-electron chi connectivity index (χ0n) is 13.7. The summed E-state index contributed by atoms with van der Waals surface area (Å²) in [5.74, 6) is -0.339. The van der Waals surface area contributed by atoms with Crippen molar-refractivity contribution in [2.24, 2.45) is 0 Å². The summed E-state index contributed by atoms with van der Waals surface area (Å²) in [7, 11) is 0. The fourth-order valence-corrected chi connectivity index (χ4v) is 2.63. The predicted molar refractivity (Wildman–Crippen MR) is 88.9 cm³/mol. The first-order chi connectivity index (χ1) is 12.4. The largest absolute Gasteiger partial charge is 0.418 e. The summed E-state index contributed by atoms with van der Waals surface area (Å²) in [5.41, 5.74) is -1.27. The fourth-order valence-electron chi connectivity index (χ4n) is 2.63. The van der Waals surface area contributed by atoms with E-state index in [2.05, 4.69) is 20.6 Å². The lowest BCUT2D eigenvalue weighted by atomic mass is 10.1. The van der Waals surface area contributed by atoms with E-state index in [-0.39, 0.29) is 17.5 Å². The molecule has 6 nitrogen and oxygen atoms in total. The smallest absolute Gasteiger partial charge is 0.376 e. The third kappa shape index (κ3) is 4.48. The lowest BCUT2D eigenvalue weighted by Gasteiger charge is -2.14. The molecule has 0 spiro atoms. The van der Waals surface area contributed by atoms with Crippen LogP contribution < -0.4 is 10.6 Å². The summed E-state index contributed by atoms with van der Waals surface area (Å²) in [5, 5.41) is 5.30. The van der Waals surface area contributed by atoms with Crippen molar-refractivity contribution in [1.82, 2.24) is 9.97 Å². The minimum absolute atomic E-state index is 0.0354. The molecule has 26 heavy (non-hydrogen) atoms. The topological polar surface area (TPSA) is 76.1 Å². The number of para-hydroxylation sites is 1. The minimum Gasteiger partial charge on any atom is -0.376 e. The molecular formula is C17H17F3N4O2. The van der Waals surface area contributed by atoms with Crippen LogP contribution in [0, 0.1) is 0 Å². The molecule has 1 aromatic heterocycles. The van der Waals surface area contributed by atoms with Crippen LogP contribution in [0.1, 0.15) is 28.9 Å². The highest BCUT2D eigenvalue weighted by atomic mass is 19.4. The van der Waals surface area contributed by atoms with Crippen LogP contribution in [0.3, 0.4) is 0 Å². The highest BCUT2D eigenvalue weighted by molar-refractivity contribution is 6.03. The van der Waals surface area contributed by atoms with Crippen LogP contribution in [-0.2, 0) is 10.9 Å². The molecule has 1 atom stereocenters. The molecule has 1 aliphatic rings. The molecule has 1 saturated heterocycles. The molecule has 0 aliphatic carbocycles. The third-order valence-corrected chi connectivity index (χ3v) is 3.92. The maximum absolute atomic E-state index is 13.0. The number of carbonyl (C=O) groups excluding carboxylic acids is 1. The number of nitrogens with one attached hydrogen (secondary N) is 2. The van der Waals surface area contributed by atoms with Crippen LogP contribution in [-0.4, -0.2) is 35.1 Å². The number of anilines is 2. The van der Waals surface area contributed by atoms with E-state index in [0.29, 0.717) is 12.4 Å². The second-order valence-corrected chi connectivity index (χ2v) is 5.80. The first-order valence-corrected chi connectivity index (χ1v) is 8.08. The van der Waals surface area contributed by atoms with Gasteiger partial charge < -0.3 is 15.4 Å². The van der Waals surface area contributed by atoms with Gasteiger partial charge in [0.15, 0.2) is 0 Å². The summed E-state index contributed by atoms with van der Waals surface area (Å²) < 4.78 is 44.5. The Balaban J connectivity index is 1.69. The Labute approximate surface area is 147 Å². The number of hydrogen-bond acceptors (Lipinski definition) is 5. The van der Waals surface area contributed by atoms with Crippen LogP contribution in [0.25, 0.3) is 0 Å². The molecule has 0 bridgehead atoms. The van der Waals surface area contributed by atoms with Gasteiger partial charge in [0.2, 0.25) is 0 Å². The molecule has 2 heterocycles. The number of nitrogens with zero attached hydrogens (tertiary/aromatic N) is 2. The van der Waals surface area contributed by atoms with Gasteiger partial charge in [-0.05, 0) is 25.0 Å². The van der Waals surface area contributed by atoms with Crippen LogP contribution in [0.2, 0.25) is 0 Å². The second-order valence-electron chi connectivity index (χ2n) is 5.80. The molecule has 2 aromatic rings. The summed E-state index contributed by atoms with van der Waals surface area (Å²) >= 11 is 0. The Morgan fingerprint density at radius 2 is 2.08 bits per heavy atom. The zero-order valence-corrected chi connectivity index (χ0v) is 13.7. The van der Waals surface area contributed by atoms with Gasteiger partial charge in [-0.25, -0.2) is 9.97 Å².